The number of anilines is 1. The van der Waals surface area contributed by atoms with Crippen LogP contribution in [0.25, 0.3) is 11.1 Å². The number of fused-ring (bicyclic) bond motifs is 1. The molecule has 0 atom stereocenters. The van der Waals surface area contributed by atoms with Crippen molar-refractivity contribution >= 4 is 34.5 Å². The van der Waals surface area contributed by atoms with Crippen molar-refractivity contribution in [1.82, 2.24) is 10.1 Å². The van der Waals surface area contributed by atoms with E-state index in [-0.39, 0.29) is 5.91 Å². The second-order valence-corrected chi connectivity index (χ2v) is 7.11. The maximum atomic E-state index is 12.8. The number of carbonyl (C=O) groups is 1. The van der Waals surface area contributed by atoms with E-state index in [0.29, 0.717) is 34.0 Å². The first-order valence-corrected chi connectivity index (χ1v) is 9.39. The summed E-state index contributed by atoms with van der Waals surface area (Å²) in [5.41, 5.74) is 3.54. The zero-order valence-corrected chi connectivity index (χ0v) is 15.7. The number of hydrogen-bond donors (Lipinski definition) is 1. The van der Waals surface area contributed by atoms with Crippen molar-refractivity contribution in [2.24, 2.45) is 0 Å². The van der Waals surface area contributed by atoms with Crippen molar-refractivity contribution in [1.29, 1.82) is 0 Å². The Hall–Kier alpha value is -3.06. The highest BCUT2D eigenvalue weighted by Gasteiger charge is 2.13. The van der Waals surface area contributed by atoms with Crippen LogP contribution in [0.5, 0.6) is 0 Å². The third kappa shape index (κ3) is 3.88. The van der Waals surface area contributed by atoms with Crippen molar-refractivity contribution in [3.63, 3.8) is 0 Å². The van der Waals surface area contributed by atoms with Crippen LogP contribution in [0.4, 0.5) is 5.69 Å². The van der Waals surface area contributed by atoms with Crippen LogP contribution < -0.4 is 5.32 Å². The van der Waals surface area contributed by atoms with E-state index in [9.17, 15) is 4.79 Å². The summed E-state index contributed by atoms with van der Waals surface area (Å²) in [6.07, 6.45) is 0. The van der Waals surface area contributed by atoms with E-state index >= 15 is 0 Å². The normalized spacial score (nSPS) is 11.0. The van der Waals surface area contributed by atoms with Crippen molar-refractivity contribution in [2.75, 3.05) is 5.32 Å². The van der Waals surface area contributed by atoms with Crippen molar-refractivity contribution in [3.05, 3.63) is 71.4 Å². The molecule has 0 aliphatic rings. The first-order chi connectivity index (χ1) is 13.1. The van der Waals surface area contributed by atoms with Gasteiger partial charge in [-0.2, -0.15) is 0 Å². The highest BCUT2D eigenvalue weighted by Crippen LogP contribution is 2.28. The molecule has 0 aliphatic carbocycles. The van der Waals surface area contributed by atoms with Crippen molar-refractivity contribution < 1.29 is 13.7 Å². The summed E-state index contributed by atoms with van der Waals surface area (Å²) in [7, 11) is 0. The Kier molecular flexibility index (Phi) is 4.68. The highest BCUT2D eigenvalue weighted by atomic mass is 32.2. The molecule has 136 valence electrons. The molecule has 2 heterocycles. The maximum Gasteiger partial charge on any atom is 0.256 e. The number of thioether (sulfide) groups is 1. The van der Waals surface area contributed by atoms with Crippen LogP contribution in [0.3, 0.4) is 0 Å². The van der Waals surface area contributed by atoms with Crippen LogP contribution in [0.2, 0.25) is 0 Å². The van der Waals surface area contributed by atoms with Gasteiger partial charge in [0.25, 0.3) is 5.91 Å². The van der Waals surface area contributed by atoms with Crippen molar-refractivity contribution in [2.45, 2.75) is 24.5 Å². The van der Waals surface area contributed by atoms with Gasteiger partial charge in [-0.3, -0.25) is 4.79 Å². The molecule has 1 amide bonds. The molecular weight excluding hydrogens is 362 g/mol. The van der Waals surface area contributed by atoms with Gasteiger partial charge in [-0.05, 0) is 37.3 Å². The van der Waals surface area contributed by atoms with Gasteiger partial charge in [-0.1, -0.05) is 17.3 Å². The topological polar surface area (TPSA) is 81.2 Å². The molecule has 0 spiro atoms. The number of rotatable bonds is 5. The van der Waals surface area contributed by atoms with Gasteiger partial charge in [0.1, 0.15) is 11.3 Å². The Morgan fingerprint density at radius 1 is 1.15 bits per heavy atom. The number of benzene rings is 2. The Balaban J connectivity index is 1.52. The van der Waals surface area contributed by atoms with Gasteiger partial charge in [0, 0.05) is 23.6 Å². The zero-order chi connectivity index (χ0) is 18.8. The second kappa shape index (κ2) is 7.28. The van der Waals surface area contributed by atoms with Crippen LogP contribution in [0, 0.1) is 13.8 Å². The number of carbonyl (C=O) groups excluding carboxylic acids is 1. The Labute approximate surface area is 160 Å². The molecule has 2 aromatic heterocycles. The summed E-state index contributed by atoms with van der Waals surface area (Å²) in [5.74, 6) is 1.80. The molecule has 7 heteroatoms. The molecule has 0 radical (unpaired) electrons. The minimum Gasteiger partial charge on any atom is -0.441 e. The number of nitrogens with zero attached hydrogens (tertiary/aromatic N) is 2. The first kappa shape index (κ1) is 17.4. The predicted octanol–water partition coefficient (Wildman–Crippen LogP) is 4.98. The summed E-state index contributed by atoms with van der Waals surface area (Å²) in [6.45, 7) is 3.67. The summed E-state index contributed by atoms with van der Waals surface area (Å²) < 4.78 is 10.7. The van der Waals surface area contributed by atoms with Gasteiger partial charge in [0.2, 0.25) is 0 Å². The molecule has 2 aromatic carbocycles. The van der Waals surface area contributed by atoms with Crippen LogP contribution >= 0.6 is 11.8 Å². The summed E-state index contributed by atoms with van der Waals surface area (Å²) in [6, 6.07) is 14.8. The van der Waals surface area contributed by atoms with E-state index in [0.717, 1.165) is 16.3 Å². The van der Waals surface area contributed by atoms with E-state index < -0.39 is 0 Å². The van der Waals surface area contributed by atoms with E-state index in [1.807, 2.05) is 37.3 Å². The van der Waals surface area contributed by atoms with Gasteiger partial charge in [0.15, 0.2) is 11.5 Å². The Morgan fingerprint density at radius 3 is 2.81 bits per heavy atom. The van der Waals surface area contributed by atoms with Crippen LogP contribution in [0.15, 0.2) is 62.4 Å². The third-order valence-corrected chi connectivity index (χ3v) is 5.03. The Morgan fingerprint density at radius 2 is 2.00 bits per heavy atom. The highest BCUT2D eigenvalue weighted by molar-refractivity contribution is 7.98. The smallest absolute Gasteiger partial charge is 0.256 e. The predicted molar refractivity (Wildman–Crippen MR) is 104 cm³/mol. The average molecular weight is 379 g/mol. The van der Waals surface area contributed by atoms with Crippen LogP contribution in [-0.2, 0) is 5.75 Å². The lowest BCUT2D eigenvalue weighted by atomic mass is 10.2. The third-order valence-electron chi connectivity index (χ3n) is 3.93. The van der Waals surface area contributed by atoms with Crippen LogP contribution in [-0.4, -0.2) is 16.0 Å². The number of amides is 1. The number of oxazole rings is 1. The maximum absolute atomic E-state index is 12.8. The Bertz CT molecular complexity index is 1120. The van der Waals surface area contributed by atoms with E-state index in [2.05, 4.69) is 15.5 Å². The number of nitrogens with one attached hydrogen (secondary N) is 1. The lowest BCUT2D eigenvalue weighted by molar-refractivity contribution is 0.102. The fourth-order valence-electron chi connectivity index (χ4n) is 2.73. The first-order valence-electron chi connectivity index (χ1n) is 8.41. The molecule has 27 heavy (non-hydrogen) atoms. The molecule has 0 unspecified atom stereocenters. The van der Waals surface area contributed by atoms with Gasteiger partial charge < -0.3 is 14.3 Å². The van der Waals surface area contributed by atoms with Gasteiger partial charge in [-0.15, -0.1) is 11.8 Å². The molecule has 4 aromatic rings. The molecule has 0 saturated carbocycles. The van der Waals surface area contributed by atoms with Crippen molar-refractivity contribution in [3.8, 4) is 0 Å². The lowest BCUT2D eigenvalue weighted by Gasteiger charge is -2.09. The largest absolute Gasteiger partial charge is 0.441 e. The second-order valence-electron chi connectivity index (χ2n) is 6.09. The monoisotopic (exact) mass is 379 g/mol. The molecule has 0 saturated heterocycles. The number of hydrogen-bond acceptors (Lipinski definition) is 6. The summed E-state index contributed by atoms with van der Waals surface area (Å²) >= 11 is 1.54. The standard InChI is InChI=1S/C20H17N3O3S/c1-12-9-15(26-23-12)11-27-19-6-4-3-5-16(19)20(24)22-14-7-8-18-17(10-14)21-13(2)25-18/h3-10H,11H2,1-2H3,(H,22,24). The quantitative estimate of drug-likeness (QED) is 0.493. The summed E-state index contributed by atoms with van der Waals surface area (Å²) in [5, 5.41) is 6.82. The fraction of sp³-hybridized carbons (Fsp3) is 0.150. The molecule has 0 aliphatic heterocycles. The SMILES string of the molecule is Cc1cc(CSc2ccccc2C(=O)Nc2ccc3oc(C)nc3c2)on1. The molecule has 0 fully saturated rings. The number of aromatic nitrogens is 2. The summed E-state index contributed by atoms with van der Waals surface area (Å²) in [4.78, 5) is 18.0. The van der Waals surface area contributed by atoms with Gasteiger partial charge in [0.05, 0.1) is 17.0 Å². The fourth-order valence-corrected chi connectivity index (χ4v) is 3.66. The minimum atomic E-state index is -0.175. The zero-order valence-electron chi connectivity index (χ0n) is 14.9. The number of aryl methyl sites for hydroxylation is 2. The molecular formula is C20H17N3O3S. The average Bonchev–Trinajstić information content (AvgIpc) is 3.24. The van der Waals surface area contributed by atoms with E-state index in [1.165, 1.54) is 11.8 Å². The van der Waals surface area contributed by atoms with E-state index in [4.69, 9.17) is 8.94 Å². The van der Waals surface area contributed by atoms with Gasteiger partial charge in [-0.25, -0.2) is 4.98 Å². The molecule has 1 N–H and O–H groups in total. The molecule has 4 rings (SSSR count). The minimum absolute atomic E-state index is 0.175. The van der Waals surface area contributed by atoms with Gasteiger partial charge >= 0.3 is 0 Å². The van der Waals surface area contributed by atoms with Crippen LogP contribution in [0.1, 0.15) is 27.7 Å². The molecule has 0 bridgehead atoms. The van der Waals surface area contributed by atoms with E-state index in [1.54, 1.807) is 25.1 Å². The lowest BCUT2D eigenvalue weighted by Crippen LogP contribution is -2.12. The molecule has 6 nitrogen and oxygen atoms in total.